The molecule has 106 valence electrons. The van der Waals surface area contributed by atoms with Crippen LogP contribution in [0.4, 0.5) is 5.95 Å². The highest BCUT2D eigenvalue weighted by molar-refractivity contribution is 6.28. The molecule has 0 aromatic carbocycles. The first-order valence-corrected chi connectivity index (χ1v) is 6.64. The van der Waals surface area contributed by atoms with Gasteiger partial charge in [0.25, 0.3) is 0 Å². The Morgan fingerprint density at radius 2 is 2.10 bits per heavy atom. The smallest absolute Gasteiger partial charge is 0.322 e. The van der Waals surface area contributed by atoms with Crippen molar-refractivity contribution in [2.75, 3.05) is 5.32 Å². The number of rotatable bonds is 5. The molecule has 1 N–H and O–H groups in total. The van der Waals surface area contributed by atoms with Gasteiger partial charge in [-0.05, 0) is 49.6 Å². The van der Waals surface area contributed by atoms with E-state index in [-0.39, 0.29) is 17.4 Å². The van der Waals surface area contributed by atoms with Crippen LogP contribution in [0.5, 0.6) is 6.01 Å². The number of aromatic nitrogens is 4. The van der Waals surface area contributed by atoms with Gasteiger partial charge in [-0.1, -0.05) is 0 Å². The SMILES string of the molecule is Cc1ccncc1CNc1nc(Cl)nc(OC(C)C)n1. The number of halogens is 1. The van der Waals surface area contributed by atoms with E-state index in [9.17, 15) is 0 Å². The molecule has 0 saturated heterocycles. The van der Waals surface area contributed by atoms with Gasteiger partial charge in [-0.15, -0.1) is 0 Å². The summed E-state index contributed by atoms with van der Waals surface area (Å²) < 4.78 is 5.41. The van der Waals surface area contributed by atoms with Crippen molar-refractivity contribution in [2.45, 2.75) is 33.4 Å². The van der Waals surface area contributed by atoms with Gasteiger partial charge < -0.3 is 10.1 Å². The second kappa shape index (κ2) is 6.47. The maximum atomic E-state index is 5.85. The number of ether oxygens (including phenoxy) is 1. The zero-order valence-corrected chi connectivity index (χ0v) is 12.3. The third-order valence-electron chi connectivity index (χ3n) is 2.51. The molecule has 0 spiro atoms. The normalized spacial score (nSPS) is 10.7. The van der Waals surface area contributed by atoms with Crippen molar-refractivity contribution in [2.24, 2.45) is 0 Å². The van der Waals surface area contributed by atoms with Gasteiger partial charge in [0, 0.05) is 18.9 Å². The summed E-state index contributed by atoms with van der Waals surface area (Å²) in [6.45, 7) is 6.36. The molecule has 2 aromatic heterocycles. The van der Waals surface area contributed by atoms with E-state index in [0.29, 0.717) is 12.5 Å². The summed E-state index contributed by atoms with van der Waals surface area (Å²) in [6.07, 6.45) is 3.53. The third kappa shape index (κ3) is 4.03. The number of aryl methyl sites for hydroxylation is 1. The largest absolute Gasteiger partial charge is 0.461 e. The summed E-state index contributed by atoms with van der Waals surface area (Å²) in [5.41, 5.74) is 2.21. The quantitative estimate of drug-likeness (QED) is 0.913. The molecule has 0 amide bonds. The van der Waals surface area contributed by atoms with Gasteiger partial charge in [0.1, 0.15) is 0 Å². The lowest BCUT2D eigenvalue weighted by Crippen LogP contribution is -2.11. The van der Waals surface area contributed by atoms with Crippen LogP contribution >= 0.6 is 11.6 Å². The monoisotopic (exact) mass is 293 g/mol. The van der Waals surface area contributed by atoms with E-state index in [4.69, 9.17) is 16.3 Å². The maximum absolute atomic E-state index is 5.85. The highest BCUT2D eigenvalue weighted by atomic mass is 35.5. The van der Waals surface area contributed by atoms with Crippen LogP contribution in [-0.2, 0) is 6.54 Å². The summed E-state index contributed by atoms with van der Waals surface area (Å²) in [5, 5.41) is 3.19. The Bertz CT molecular complexity index is 591. The van der Waals surface area contributed by atoms with Crippen LogP contribution in [0.15, 0.2) is 18.5 Å². The molecule has 0 bridgehead atoms. The van der Waals surface area contributed by atoms with E-state index in [2.05, 4.69) is 25.3 Å². The highest BCUT2D eigenvalue weighted by Gasteiger charge is 2.08. The van der Waals surface area contributed by atoms with Gasteiger partial charge >= 0.3 is 6.01 Å². The molecule has 2 heterocycles. The molecule has 0 aliphatic carbocycles. The van der Waals surface area contributed by atoms with E-state index in [0.717, 1.165) is 11.1 Å². The lowest BCUT2D eigenvalue weighted by atomic mass is 10.2. The Kier molecular flexibility index (Phi) is 4.68. The molecule has 0 unspecified atom stereocenters. The Hall–Kier alpha value is -1.95. The summed E-state index contributed by atoms with van der Waals surface area (Å²) in [7, 11) is 0. The molecular weight excluding hydrogens is 278 g/mol. The van der Waals surface area contributed by atoms with Crippen LogP contribution in [-0.4, -0.2) is 26.0 Å². The standard InChI is InChI=1S/C13H16ClN5O/c1-8(2)20-13-18-11(14)17-12(19-13)16-7-10-6-15-5-4-9(10)3/h4-6,8H,7H2,1-3H3,(H,16,17,18,19). The van der Waals surface area contributed by atoms with Crippen LogP contribution in [0.25, 0.3) is 0 Å². The maximum Gasteiger partial charge on any atom is 0.322 e. The van der Waals surface area contributed by atoms with Crippen molar-refractivity contribution in [3.8, 4) is 6.01 Å². The van der Waals surface area contributed by atoms with Crippen molar-refractivity contribution < 1.29 is 4.74 Å². The van der Waals surface area contributed by atoms with E-state index >= 15 is 0 Å². The van der Waals surface area contributed by atoms with E-state index < -0.39 is 0 Å². The zero-order chi connectivity index (χ0) is 14.5. The zero-order valence-electron chi connectivity index (χ0n) is 11.6. The molecule has 2 aromatic rings. The molecule has 0 fully saturated rings. The fraction of sp³-hybridized carbons (Fsp3) is 0.385. The summed E-state index contributed by atoms with van der Waals surface area (Å²) >= 11 is 5.85. The minimum Gasteiger partial charge on any atom is -0.461 e. The average molecular weight is 294 g/mol. The fourth-order valence-electron chi connectivity index (χ4n) is 1.53. The third-order valence-corrected chi connectivity index (χ3v) is 2.68. The first-order valence-electron chi connectivity index (χ1n) is 6.26. The number of hydrogen-bond donors (Lipinski definition) is 1. The first-order chi connectivity index (χ1) is 9.54. The van der Waals surface area contributed by atoms with Crippen LogP contribution in [0.3, 0.4) is 0 Å². The Morgan fingerprint density at radius 3 is 2.80 bits per heavy atom. The molecule has 7 heteroatoms. The van der Waals surface area contributed by atoms with Crippen molar-refractivity contribution in [1.82, 2.24) is 19.9 Å². The van der Waals surface area contributed by atoms with Gasteiger partial charge in [-0.25, -0.2) is 0 Å². The van der Waals surface area contributed by atoms with Crippen LogP contribution in [0.2, 0.25) is 5.28 Å². The number of hydrogen-bond acceptors (Lipinski definition) is 6. The minimum absolute atomic E-state index is 0.0260. The summed E-state index contributed by atoms with van der Waals surface area (Å²) in [6, 6.07) is 2.16. The molecule has 0 saturated carbocycles. The molecular formula is C13H16ClN5O. The second-order valence-electron chi connectivity index (χ2n) is 4.53. The van der Waals surface area contributed by atoms with Crippen molar-refractivity contribution in [1.29, 1.82) is 0 Å². The molecule has 6 nitrogen and oxygen atoms in total. The van der Waals surface area contributed by atoms with E-state index in [1.54, 1.807) is 12.4 Å². The summed E-state index contributed by atoms with van der Waals surface area (Å²) in [5.74, 6) is 0.379. The van der Waals surface area contributed by atoms with Crippen molar-refractivity contribution >= 4 is 17.5 Å². The molecule has 0 aliphatic rings. The van der Waals surface area contributed by atoms with Gasteiger partial charge in [0.15, 0.2) is 0 Å². The van der Waals surface area contributed by atoms with Crippen molar-refractivity contribution in [3.63, 3.8) is 0 Å². The van der Waals surface area contributed by atoms with Gasteiger partial charge in [-0.3, -0.25) is 4.98 Å². The van der Waals surface area contributed by atoms with Gasteiger partial charge in [0.05, 0.1) is 6.10 Å². The predicted octanol–water partition coefficient (Wildman–Crippen LogP) is 2.63. The summed E-state index contributed by atoms with van der Waals surface area (Å²) in [4.78, 5) is 16.2. The topological polar surface area (TPSA) is 72.8 Å². The molecule has 0 aliphatic heterocycles. The van der Waals surface area contributed by atoms with Crippen molar-refractivity contribution in [3.05, 3.63) is 34.9 Å². The number of anilines is 1. The van der Waals surface area contributed by atoms with E-state index in [1.807, 2.05) is 26.8 Å². The first kappa shape index (κ1) is 14.5. The van der Waals surface area contributed by atoms with Crippen LogP contribution < -0.4 is 10.1 Å². The lowest BCUT2D eigenvalue weighted by molar-refractivity contribution is 0.222. The highest BCUT2D eigenvalue weighted by Crippen LogP contribution is 2.14. The Morgan fingerprint density at radius 1 is 1.30 bits per heavy atom. The second-order valence-corrected chi connectivity index (χ2v) is 4.87. The fourth-order valence-corrected chi connectivity index (χ4v) is 1.68. The minimum atomic E-state index is -0.0260. The number of nitrogens with one attached hydrogen (secondary N) is 1. The molecule has 0 radical (unpaired) electrons. The Balaban J connectivity index is 2.09. The predicted molar refractivity (Wildman–Crippen MR) is 76.9 cm³/mol. The van der Waals surface area contributed by atoms with E-state index in [1.165, 1.54) is 0 Å². The lowest BCUT2D eigenvalue weighted by Gasteiger charge is -2.10. The number of pyridine rings is 1. The van der Waals surface area contributed by atoms with Gasteiger partial charge in [0.2, 0.25) is 11.2 Å². The number of nitrogens with zero attached hydrogens (tertiary/aromatic N) is 4. The molecule has 0 atom stereocenters. The molecule has 20 heavy (non-hydrogen) atoms. The Labute approximate surface area is 122 Å². The van der Waals surface area contributed by atoms with Gasteiger partial charge in [-0.2, -0.15) is 15.0 Å². The molecule has 2 rings (SSSR count). The average Bonchev–Trinajstić information content (AvgIpc) is 2.36. The van der Waals surface area contributed by atoms with Crippen LogP contribution in [0.1, 0.15) is 25.0 Å². The van der Waals surface area contributed by atoms with Crippen LogP contribution in [0, 0.1) is 6.92 Å².